The third-order valence-corrected chi connectivity index (χ3v) is 3.44. The number of unbranched alkanes of at least 4 members (excludes halogenated alkanes) is 1. The minimum atomic E-state index is -3.47. The Bertz CT molecular complexity index is 111. The van der Waals surface area contributed by atoms with Gasteiger partial charge in [0.15, 0.2) is 0 Å². The Labute approximate surface area is 58.6 Å². The lowest BCUT2D eigenvalue weighted by atomic mass is 10.4. The smallest absolute Gasteiger partial charge is 0.274 e. The molecule has 0 aliphatic carbocycles. The van der Waals surface area contributed by atoms with Gasteiger partial charge in [-0.1, -0.05) is 13.3 Å². The predicted molar refractivity (Wildman–Crippen MR) is 42.1 cm³/mol. The monoisotopic (exact) mass is 172 g/mol. The minimum absolute atomic E-state index is 0.381. The van der Waals surface area contributed by atoms with Crippen molar-refractivity contribution in [1.82, 2.24) is 0 Å². The van der Waals surface area contributed by atoms with E-state index < -0.39 is 6.72 Å². The van der Waals surface area contributed by atoms with Crippen LogP contribution in [0, 0.1) is 0 Å². The zero-order valence-electron chi connectivity index (χ0n) is 5.36. The summed E-state index contributed by atoms with van der Waals surface area (Å²) in [7, 11) is 0.381. The molecule has 58 valence electrons. The number of rotatable bonds is 3. The van der Waals surface area contributed by atoms with Crippen LogP contribution < -0.4 is 0 Å². The number of hydrogen-bond acceptors (Lipinski definition) is 0. The lowest BCUT2D eigenvalue weighted by molar-refractivity contribution is 0.363. The molecule has 0 bridgehead atoms. The van der Waals surface area contributed by atoms with Crippen LogP contribution in [0.3, 0.4) is 0 Å². The third-order valence-electron chi connectivity index (χ3n) is 0.801. The highest BCUT2D eigenvalue weighted by molar-refractivity contribution is 8.16. The molecule has 0 unspecified atom stereocenters. The molecule has 0 fully saturated rings. The summed E-state index contributed by atoms with van der Waals surface area (Å²) >= 11 is 0. The largest absolute Gasteiger partial charge is 0.329 e. The predicted octanol–water partition coefficient (Wildman–Crippen LogP) is 0.256. The average Bonchev–Trinajstić information content (AvgIpc) is 1.63. The average molecular weight is 172 g/mol. The maximum Gasteiger partial charge on any atom is 0.274 e. The first-order chi connectivity index (χ1) is 4.06. The molecule has 0 aromatic heterocycles. The molecule has 0 heterocycles. The fourth-order valence-corrected chi connectivity index (χ4v) is 2.32. The standard InChI is InChI=1S/C4H13O3PS/c1-2-3-4-9-8(5,6)7/h5-7,9H,2-4H2,1H3. The fourth-order valence-electron chi connectivity index (χ4n) is 0.363. The van der Waals surface area contributed by atoms with Crippen molar-refractivity contribution in [3.8, 4) is 0 Å². The fraction of sp³-hybridized carbons (Fsp3) is 1.00. The van der Waals surface area contributed by atoms with Crippen molar-refractivity contribution in [3.63, 3.8) is 0 Å². The van der Waals surface area contributed by atoms with E-state index in [0.29, 0.717) is 16.7 Å². The van der Waals surface area contributed by atoms with Gasteiger partial charge in [0.2, 0.25) is 0 Å². The first kappa shape index (κ1) is 9.66. The maximum absolute atomic E-state index is 8.45. The Balaban J connectivity index is 3.45. The summed E-state index contributed by atoms with van der Waals surface area (Å²) in [4.78, 5) is 25.4. The lowest BCUT2D eigenvalue weighted by Gasteiger charge is -2.00. The highest BCUT2D eigenvalue weighted by Gasteiger charge is 1.97. The van der Waals surface area contributed by atoms with Gasteiger partial charge in [0.1, 0.15) is 0 Å². The van der Waals surface area contributed by atoms with Crippen LogP contribution in [-0.4, -0.2) is 20.4 Å². The van der Waals surface area contributed by atoms with Crippen molar-refractivity contribution in [3.05, 3.63) is 0 Å². The zero-order valence-corrected chi connectivity index (χ0v) is 7.15. The van der Waals surface area contributed by atoms with Crippen LogP contribution in [0.1, 0.15) is 19.8 Å². The van der Waals surface area contributed by atoms with Crippen LogP contribution in [0.25, 0.3) is 0 Å². The van der Waals surface area contributed by atoms with E-state index in [1.165, 1.54) is 0 Å². The van der Waals surface area contributed by atoms with Crippen LogP contribution in [0.2, 0.25) is 0 Å². The molecule has 5 heteroatoms. The van der Waals surface area contributed by atoms with Crippen molar-refractivity contribution in [2.24, 2.45) is 0 Å². The molecule has 0 aliphatic heterocycles. The molecule has 0 aromatic carbocycles. The van der Waals surface area contributed by atoms with E-state index in [4.69, 9.17) is 14.7 Å². The molecule has 0 spiro atoms. The van der Waals surface area contributed by atoms with Crippen molar-refractivity contribution in [2.75, 3.05) is 5.75 Å². The second-order valence-corrected chi connectivity index (χ2v) is 6.02. The zero-order chi connectivity index (χ0) is 7.33. The Morgan fingerprint density at radius 2 is 1.89 bits per heavy atom. The maximum atomic E-state index is 8.45. The minimum Gasteiger partial charge on any atom is -0.329 e. The molecular weight excluding hydrogens is 159 g/mol. The van der Waals surface area contributed by atoms with Gasteiger partial charge < -0.3 is 14.7 Å². The van der Waals surface area contributed by atoms with Crippen LogP contribution in [0.15, 0.2) is 0 Å². The number of hydrogen-bond donors (Lipinski definition) is 4. The Morgan fingerprint density at radius 1 is 1.33 bits per heavy atom. The van der Waals surface area contributed by atoms with Crippen LogP contribution in [0.5, 0.6) is 0 Å². The van der Waals surface area contributed by atoms with E-state index in [-0.39, 0.29) is 0 Å². The van der Waals surface area contributed by atoms with E-state index in [1.54, 1.807) is 0 Å². The van der Waals surface area contributed by atoms with Gasteiger partial charge in [-0.3, -0.25) is 0 Å². The van der Waals surface area contributed by atoms with Gasteiger partial charge in [-0.2, -0.15) is 0 Å². The molecule has 0 aliphatic rings. The number of thiol groups is 1. The van der Waals surface area contributed by atoms with Crippen molar-refractivity contribution < 1.29 is 14.7 Å². The Morgan fingerprint density at radius 3 is 2.22 bits per heavy atom. The highest BCUT2D eigenvalue weighted by atomic mass is 32.5. The second kappa shape index (κ2) is 4.47. The van der Waals surface area contributed by atoms with Gasteiger partial charge in [-0.05, 0) is 12.2 Å². The van der Waals surface area contributed by atoms with Gasteiger partial charge in [0, 0.05) is 0 Å². The lowest BCUT2D eigenvalue weighted by Crippen LogP contribution is -1.83. The first-order valence-electron chi connectivity index (χ1n) is 2.82. The van der Waals surface area contributed by atoms with E-state index in [9.17, 15) is 0 Å². The molecule has 9 heavy (non-hydrogen) atoms. The molecule has 0 atom stereocenters. The molecule has 0 radical (unpaired) electrons. The molecular formula is C4H13O3PS. The summed E-state index contributed by atoms with van der Waals surface area (Å²) in [5.41, 5.74) is 0. The van der Waals surface area contributed by atoms with Crippen molar-refractivity contribution in [2.45, 2.75) is 19.8 Å². The third kappa shape index (κ3) is 8.66. The second-order valence-electron chi connectivity index (χ2n) is 1.76. The van der Waals surface area contributed by atoms with Crippen LogP contribution in [0.4, 0.5) is 0 Å². The normalized spacial score (nSPS) is 12.0. The van der Waals surface area contributed by atoms with E-state index >= 15 is 0 Å². The molecule has 0 saturated carbocycles. The molecule has 0 amide bonds. The highest BCUT2D eigenvalue weighted by Crippen LogP contribution is 2.30. The summed E-state index contributed by atoms with van der Waals surface area (Å²) < 4.78 is 0. The quantitative estimate of drug-likeness (QED) is 0.280. The summed E-state index contributed by atoms with van der Waals surface area (Å²) in [6, 6.07) is 0. The molecule has 0 rings (SSSR count). The summed E-state index contributed by atoms with van der Waals surface area (Å²) in [6.45, 7) is -1.46. The molecule has 0 saturated heterocycles. The molecule has 0 aromatic rings. The van der Waals surface area contributed by atoms with Gasteiger partial charge in [-0.25, -0.2) is 0 Å². The topological polar surface area (TPSA) is 60.7 Å². The van der Waals surface area contributed by atoms with E-state index in [0.717, 1.165) is 12.8 Å². The first-order valence-corrected chi connectivity index (χ1v) is 6.26. The van der Waals surface area contributed by atoms with Crippen molar-refractivity contribution in [1.29, 1.82) is 0 Å². The Hall–Kier alpha value is 0.660. The molecule has 3 nitrogen and oxygen atoms in total. The van der Waals surface area contributed by atoms with E-state index in [1.807, 2.05) is 6.92 Å². The van der Waals surface area contributed by atoms with Crippen LogP contribution in [-0.2, 0) is 10.9 Å². The van der Waals surface area contributed by atoms with Gasteiger partial charge in [0.25, 0.3) is 6.72 Å². The van der Waals surface area contributed by atoms with Gasteiger partial charge >= 0.3 is 0 Å². The SMILES string of the molecule is CCCC[SH]=P(O)(O)O. The van der Waals surface area contributed by atoms with Gasteiger partial charge in [-0.15, -0.1) is 10.9 Å². The Kier molecular flexibility index (Phi) is 4.80. The summed E-state index contributed by atoms with van der Waals surface area (Å²) in [6.07, 6.45) is 1.96. The van der Waals surface area contributed by atoms with Crippen molar-refractivity contribution >= 4 is 17.7 Å². The summed E-state index contributed by atoms with van der Waals surface area (Å²) in [5.74, 6) is 0.674. The van der Waals surface area contributed by atoms with Crippen LogP contribution >= 0.6 is 6.72 Å². The summed E-state index contributed by atoms with van der Waals surface area (Å²) in [5, 5.41) is 0. The van der Waals surface area contributed by atoms with Gasteiger partial charge in [0.05, 0.1) is 0 Å². The van der Waals surface area contributed by atoms with E-state index in [2.05, 4.69) is 0 Å². The molecule has 3 N–H and O–H groups in total.